The minimum Gasteiger partial charge on any atom is -0.381 e. The zero-order valence-corrected chi connectivity index (χ0v) is 16.2. The summed E-state index contributed by atoms with van der Waals surface area (Å²) in [7, 11) is 1.85. The Hall–Kier alpha value is -2.26. The first-order valence-corrected chi connectivity index (χ1v) is 9.97. The van der Waals surface area contributed by atoms with Crippen LogP contribution in [-0.2, 0) is 22.9 Å². The van der Waals surface area contributed by atoms with Crippen LogP contribution in [0.2, 0.25) is 0 Å². The standard InChI is InChI=1S/C19H27N5O4/c1-23-11-15(20-13-23)19(25)24-7-2-3-16(24)18-21-17(22-28-18)6-10-27-12-14-4-8-26-9-5-14/h11,13-14,16H,2-10,12H2,1H3. The highest BCUT2D eigenvalue weighted by Gasteiger charge is 2.35. The first-order valence-electron chi connectivity index (χ1n) is 9.97. The van der Waals surface area contributed by atoms with Crippen molar-refractivity contribution in [1.82, 2.24) is 24.6 Å². The Labute approximate surface area is 164 Å². The molecule has 4 heterocycles. The Bertz CT molecular complexity index is 783. The maximum atomic E-state index is 12.7. The number of nitrogens with zero attached hydrogens (tertiary/aromatic N) is 5. The Morgan fingerprint density at radius 2 is 2.18 bits per heavy atom. The van der Waals surface area contributed by atoms with Crippen molar-refractivity contribution in [3.8, 4) is 0 Å². The molecule has 2 saturated heterocycles. The molecular weight excluding hydrogens is 362 g/mol. The minimum absolute atomic E-state index is 0.0948. The summed E-state index contributed by atoms with van der Waals surface area (Å²) < 4.78 is 18.4. The van der Waals surface area contributed by atoms with Crippen LogP contribution in [0.1, 0.15) is 53.9 Å². The summed E-state index contributed by atoms with van der Waals surface area (Å²) in [4.78, 5) is 23.2. The van der Waals surface area contributed by atoms with E-state index in [1.807, 2.05) is 7.05 Å². The molecule has 9 heteroatoms. The van der Waals surface area contributed by atoms with Crippen LogP contribution in [0.4, 0.5) is 0 Å². The normalized spacial score (nSPS) is 20.8. The van der Waals surface area contributed by atoms with Gasteiger partial charge in [0.15, 0.2) is 5.82 Å². The average Bonchev–Trinajstić information content (AvgIpc) is 3.46. The molecular formula is C19H27N5O4. The molecule has 0 N–H and O–H groups in total. The molecule has 2 aromatic heterocycles. The van der Waals surface area contributed by atoms with Gasteiger partial charge in [0.1, 0.15) is 11.7 Å². The quantitative estimate of drug-likeness (QED) is 0.666. The Morgan fingerprint density at radius 3 is 2.96 bits per heavy atom. The fourth-order valence-corrected chi connectivity index (χ4v) is 3.77. The third-order valence-corrected chi connectivity index (χ3v) is 5.37. The molecule has 2 fully saturated rings. The van der Waals surface area contributed by atoms with Crippen molar-refractivity contribution in [1.29, 1.82) is 0 Å². The molecule has 1 unspecified atom stereocenters. The molecule has 0 saturated carbocycles. The second-order valence-corrected chi connectivity index (χ2v) is 7.51. The Kier molecular flexibility index (Phi) is 6.01. The molecule has 28 heavy (non-hydrogen) atoms. The molecule has 1 atom stereocenters. The lowest BCUT2D eigenvalue weighted by Crippen LogP contribution is -2.31. The highest BCUT2D eigenvalue weighted by Crippen LogP contribution is 2.32. The fourth-order valence-electron chi connectivity index (χ4n) is 3.77. The van der Waals surface area contributed by atoms with Gasteiger partial charge in [0, 0.05) is 46.0 Å². The van der Waals surface area contributed by atoms with Gasteiger partial charge in [-0.2, -0.15) is 4.98 Å². The zero-order chi connectivity index (χ0) is 19.3. The van der Waals surface area contributed by atoms with Crippen LogP contribution in [0, 0.1) is 5.92 Å². The number of carbonyl (C=O) groups is 1. The second-order valence-electron chi connectivity index (χ2n) is 7.51. The Morgan fingerprint density at radius 1 is 1.32 bits per heavy atom. The number of rotatable bonds is 7. The van der Waals surface area contributed by atoms with Crippen molar-refractivity contribution < 1.29 is 18.8 Å². The van der Waals surface area contributed by atoms with Gasteiger partial charge in [-0.05, 0) is 31.6 Å². The van der Waals surface area contributed by atoms with Gasteiger partial charge < -0.3 is 23.5 Å². The van der Waals surface area contributed by atoms with Gasteiger partial charge in [0.2, 0.25) is 5.89 Å². The molecule has 152 valence electrons. The maximum Gasteiger partial charge on any atom is 0.274 e. The van der Waals surface area contributed by atoms with E-state index in [-0.39, 0.29) is 11.9 Å². The van der Waals surface area contributed by atoms with Crippen molar-refractivity contribution >= 4 is 5.91 Å². The number of aromatic nitrogens is 4. The van der Waals surface area contributed by atoms with E-state index in [2.05, 4.69) is 15.1 Å². The number of aryl methyl sites for hydroxylation is 1. The van der Waals surface area contributed by atoms with E-state index < -0.39 is 0 Å². The first kappa shape index (κ1) is 19.1. The average molecular weight is 389 g/mol. The highest BCUT2D eigenvalue weighted by atomic mass is 16.5. The first-order chi connectivity index (χ1) is 13.7. The van der Waals surface area contributed by atoms with Crippen LogP contribution in [-0.4, -0.2) is 63.5 Å². The van der Waals surface area contributed by atoms with E-state index in [9.17, 15) is 4.79 Å². The summed E-state index contributed by atoms with van der Waals surface area (Å²) in [5.41, 5.74) is 0.440. The lowest BCUT2D eigenvalue weighted by atomic mass is 10.0. The molecule has 0 aliphatic carbocycles. The molecule has 0 aromatic carbocycles. The highest BCUT2D eigenvalue weighted by molar-refractivity contribution is 5.92. The van der Waals surface area contributed by atoms with E-state index in [0.717, 1.165) is 45.5 Å². The van der Waals surface area contributed by atoms with Crippen molar-refractivity contribution in [2.75, 3.05) is 33.0 Å². The lowest BCUT2D eigenvalue weighted by molar-refractivity contribution is 0.0211. The number of ether oxygens (including phenoxy) is 2. The molecule has 0 radical (unpaired) electrons. The van der Waals surface area contributed by atoms with Gasteiger partial charge in [-0.15, -0.1) is 0 Å². The number of amides is 1. The van der Waals surface area contributed by atoms with Crippen molar-refractivity contribution in [3.05, 3.63) is 29.9 Å². The lowest BCUT2D eigenvalue weighted by Gasteiger charge is -2.21. The van der Waals surface area contributed by atoms with Gasteiger partial charge in [0.25, 0.3) is 5.91 Å². The Balaban J connectivity index is 1.29. The third kappa shape index (κ3) is 4.41. The van der Waals surface area contributed by atoms with Gasteiger partial charge >= 0.3 is 0 Å². The van der Waals surface area contributed by atoms with E-state index in [4.69, 9.17) is 14.0 Å². The largest absolute Gasteiger partial charge is 0.381 e. The number of hydrogen-bond acceptors (Lipinski definition) is 7. The summed E-state index contributed by atoms with van der Waals surface area (Å²) in [5, 5.41) is 4.07. The summed E-state index contributed by atoms with van der Waals surface area (Å²) in [6.07, 6.45) is 7.82. The second kappa shape index (κ2) is 8.83. The zero-order valence-electron chi connectivity index (χ0n) is 16.2. The van der Waals surface area contributed by atoms with Crippen LogP contribution in [0.5, 0.6) is 0 Å². The van der Waals surface area contributed by atoms with Crippen molar-refractivity contribution in [2.45, 2.75) is 38.1 Å². The van der Waals surface area contributed by atoms with Gasteiger partial charge in [-0.1, -0.05) is 5.16 Å². The molecule has 2 aliphatic heterocycles. The van der Waals surface area contributed by atoms with Crippen LogP contribution >= 0.6 is 0 Å². The molecule has 0 bridgehead atoms. The molecule has 9 nitrogen and oxygen atoms in total. The molecule has 2 aromatic rings. The van der Waals surface area contributed by atoms with Gasteiger partial charge in [0.05, 0.1) is 12.9 Å². The summed E-state index contributed by atoms with van der Waals surface area (Å²) in [6.45, 7) is 3.65. The van der Waals surface area contributed by atoms with Crippen molar-refractivity contribution in [2.24, 2.45) is 13.0 Å². The SMILES string of the molecule is Cn1cnc(C(=O)N2CCCC2c2nc(CCOCC3CCOCC3)no2)c1. The molecule has 4 rings (SSSR count). The van der Waals surface area contributed by atoms with E-state index >= 15 is 0 Å². The topological polar surface area (TPSA) is 95.5 Å². The number of likely N-dealkylation sites (tertiary alicyclic amines) is 1. The van der Waals surface area contributed by atoms with E-state index in [0.29, 0.717) is 42.9 Å². The van der Waals surface area contributed by atoms with E-state index in [1.165, 1.54) is 0 Å². The number of imidazole rings is 1. The third-order valence-electron chi connectivity index (χ3n) is 5.37. The van der Waals surface area contributed by atoms with Crippen LogP contribution in [0.3, 0.4) is 0 Å². The molecule has 0 spiro atoms. The summed E-state index contributed by atoms with van der Waals surface area (Å²) in [6, 6.07) is -0.182. The molecule has 1 amide bonds. The van der Waals surface area contributed by atoms with Gasteiger partial charge in [-0.3, -0.25) is 4.79 Å². The predicted octanol–water partition coefficient (Wildman–Crippen LogP) is 1.77. The maximum absolute atomic E-state index is 12.7. The predicted molar refractivity (Wildman–Crippen MR) is 98.6 cm³/mol. The van der Waals surface area contributed by atoms with Crippen LogP contribution in [0.15, 0.2) is 17.0 Å². The molecule has 2 aliphatic rings. The summed E-state index contributed by atoms with van der Waals surface area (Å²) >= 11 is 0. The fraction of sp³-hybridized carbons (Fsp3) is 0.684. The van der Waals surface area contributed by atoms with E-state index in [1.54, 1.807) is 22.0 Å². The van der Waals surface area contributed by atoms with Gasteiger partial charge in [-0.25, -0.2) is 4.98 Å². The smallest absolute Gasteiger partial charge is 0.274 e. The minimum atomic E-state index is -0.182. The number of hydrogen-bond donors (Lipinski definition) is 0. The van der Waals surface area contributed by atoms with Crippen LogP contribution < -0.4 is 0 Å². The van der Waals surface area contributed by atoms with Crippen molar-refractivity contribution in [3.63, 3.8) is 0 Å². The van der Waals surface area contributed by atoms with Crippen LogP contribution in [0.25, 0.3) is 0 Å². The summed E-state index contributed by atoms with van der Waals surface area (Å²) in [5.74, 6) is 1.61. The monoisotopic (exact) mass is 389 g/mol. The number of carbonyl (C=O) groups excluding carboxylic acids is 1.